The van der Waals surface area contributed by atoms with Crippen molar-refractivity contribution in [2.75, 3.05) is 0 Å². The highest BCUT2D eigenvalue weighted by Gasteiger charge is 2.37. The molecule has 0 bridgehead atoms. The summed E-state index contributed by atoms with van der Waals surface area (Å²) in [4.78, 5) is 0. The van der Waals surface area contributed by atoms with E-state index in [0.717, 1.165) is 11.1 Å². The molecule has 0 aliphatic heterocycles. The smallest absolute Gasteiger partial charge is 0.383 e. The van der Waals surface area contributed by atoms with Crippen LogP contribution in [0.1, 0.15) is 16.7 Å². The molecule has 1 rings (SSSR count). The molecule has 0 aliphatic rings. The molecule has 1 nitrogen and oxygen atoms in total. The first kappa shape index (κ1) is 12.0. The van der Waals surface area contributed by atoms with Crippen molar-refractivity contribution in [2.45, 2.75) is 32.5 Å². The molecule has 15 heavy (non-hydrogen) atoms. The van der Waals surface area contributed by atoms with Crippen molar-refractivity contribution in [3.63, 3.8) is 0 Å². The zero-order valence-corrected chi connectivity index (χ0v) is 8.60. The molecule has 1 atom stereocenters. The first-order valence-electron chi connectivity index (χ1n) is 4.61. The monoisotopic (exact) mass is 218 g/mol. The Morgan fingerprint density at radius 1 is 1.13 bits per heavy atom. The molecule has 1 aromatic carbocycles. The minimum atomic E-state index is -4.54. The topological polar surface area (TPSA) is 20.2 Å². The van der Waals surface area contributed by atoms with Gasteiger partial charge in [-0.25, -0.2) is 0 Å². The average molecular weight is 218 g/mol. The molecule has 0 unspecified atom stereocenters. The summed E-state index contributed by atoms with van der Waals surface area (Å²) in [7, 11) is 0. The van der Waals surface area contributed by atoms with Gasteiger partial charge < -0.3 is 5.11 Å². The number of benzene rings is 1. The number of aryl methyl sites for hydroxylation is 2. The molecule has 0 radical (unpaired) electrons. The zero-order chi connectivity index (χ0) is 11.6. The molecule has 0 saturated heterocycles. The highest BCUT2D eigenvalue weighted by atomic mass is 19.4. The minimum absolute atomic E-state index is 0.383. The Hall–Kier alpha value is -1.03. The summed E-state index contributed by atoms with van der Waals surface area (Å²) in [5, 5.41) is 8.90. The van der Waals surface area contributed by atoms with Gasteiger partial charge in [0, 0.05) is 6.42 Å². The second-order valence-corrected chi connectivity index (χ2v) is 3.76. The van der Waals surface area contributed by atoms with Gasteiger partial charge in [-0.1, -0.05) is 29.3 Å². The van der Waals surface area contributed by atoms with Crippen LogP contribution in [-0.4, -0.2) is 17.4 Å². The Morgan fingerprint density at radius 2 is 1.60 bits per heavy atom. The zero-order valence-electron chi connectivity index (χ0n) is 8.60. The van der Waals surface area contributed by atoms with Crippen LogP contribution in [0.5, 0.6) is 0 Å². The van der Waals surface area contributed by atoms with E-state index in [1.54, 1.807) is 12.1 Å². The van der Waals surface area contributed by atoms with Gasteiger partial charge in [-0.2, -0.15) is 13.2 Å². The number of aliphatic hydroxyl groups is 1. The van der Waals surface area contributed by atoms with Crippen molar-refractivity contribution >= 4 is 0 Å². The van der Waals surface area contributed by atoms with Crippen molar-refractivity contribution < 1.29 is 18.3 Å². The quantitative estimate of drug-likeness (QED) is 0.809. The fourth-order valence-electron chi connectivity index (χ4n) is 1.53. The van der Waals surface area contributed by atoms with Gasteiger partial charge in [-0.3, -0.25) is 0 Å². The SMILES string of the molecule is Cc1cc(C)cc(C[C@H](O)C(F)(F)F)c1. The molecule has 1 N–H and O–H groups in total. The molecule has 4 heteroatoms. The van der Waals surface area contributed by atoms with Crippen LogP contribution in [0.15, 0.2) is 18.2 Å². The molecule has 1 aromatic rings. The molecule has 0 aliphatic carbocycles. The van der Waals surface area contributed by atoms with Crippen molar-refractivity contribution in [1.29, 1.82) is 0 Å². The first-order chi connectivity index (χ1) is 6.79. The summed E-state index contributed by atoms with van der Waals surface area (Å²) in [5.74, 6) is 0. The van der Waals surface area contributed by atoms with Crippen LogP contribution in [0.3, 0.4) is 0 Å². The molecular weight excluding hydrogens is 205 g/mol. The van der Waals surface area contributed by atoms with E-state index >= 15 is 0 Å². The van der Waals surface area contributed by atoms with Crippen LogP contribution in [0.25, 0.3) is 0 Å². The lowest BCUT2D eigenvalue weighted by atomic mass is 10.0. The molecule has 0 heterocycles. The van der Waals surface area contributed by atoms with E-state index in [2.05, 4.69) is 0 Å². The second kappa shape index (κ2) is 4.23. The number of alkyl halides is 3. The minimum Gasteiger partial charge on any atom is -0.383 e. The molecule has 0 fully saturated rings. The summed E-state index contributed by atoms with van der Waals surface area (Å²) in [6.07, 6.45) is -7.21. The second-order valence-electron chi connectivity index (χ2n) is 3.76. The maximum absolute atomic E-state index is 12.1. The van der Waals surface area contributed by atoms with Gasteiger partial charge in [0.15, 0.2) is 6.10 Å². The first-order valence-corrected chi connectivity index (χ1v) is 4.61. The highest BCUT2D eigenvalue weighted by molar-refractivity contribution is 5.29. The van der Waals surface area contributed by atoms with Crippen LogP contribution in [0.2, 0.25) is 0 Å². The van der Waals surface area contributed by atoms with Crippen LogP contribution in [0.4, 0.5) is 13.2 Å². The predicted octanol–water partition coefficient (Wildman–Crippen LogP) is 2.77. The van der Waals surface area contributed by atoms with Crippen LogP contribution in [0, 0.1) is 13.8 Å². The summed E-state index contributed by atoms with van der Waals surface area (Å²) < 4.78 is 36.3. The van der Waals surface area contributed by atoms with Gasteiger partial charge >= 0.3 is 6.18 Å². The summed E-state index contributed by atoms with van der Waals surface area (Å²) in [6.45, 7) is 3.63. The van der Waals surface area contributed by atoms with E-state index in [-0.39, 0.29) is 6.42 Å². The standard InChI is InChI=1S/C11H13F3O/c1-7-3-8(2)5-9(4-7)6-10(15)11(12,13)14/h3-5,10,15H,6H2,1-2H3/t10-/m0/s1. The molecule has 0 spiro atoms. The van der Waals surface area contributed by atoms with Gasteiger partial charge in [0.05, 0.1) is 0 Å². The summed E-state index contributed by atoms with van der Waals surface area (Å²) in [5.41, 5.74) is 2.32. The van der Waals surface area contributed by atoms with E-state index in [9.17, 15) is 13.2 Å². The van der Waals surface area contributed by atoms with Crippen LogP contribution >= 0.6 is 0 Å². The average Bonchev–Trinajstić information content (AvgIpc) is 1.99. The normalized spacial score (nSPS) is 14.0. The Balaban J connectivity index is 2.81. The third kappa shape index (κ3) is 3.55. The van der Waals surface area contributed by atoms with Crippen molar-refractivity contribution in [3.05, 3.63) is 34.9 Å². The lowest BCUT2D eigenvalue weighted by Gasteiger charge is -2.15. The predicted molar refractivity (Wildman–Crippen MR) is 51.7 cm³/mol. The largest absolute Gasteiger partial charge is 0.414 e. The van der Waals surface area contributed by atoms with Gasteiger partial charge in [-0.05, 0) is 19.4 Å². The lowest BCUT2D eigenvalue weighted by Crippen LogP contribution is -2.30. The third-order valence-corrected chi connectivity index (χ3v) is 2.09. The fraction of sp³-hybridized carbons (Fsp3) is 0.455. The van der Waals surface area contributed by atoms with Crippen molar-refractivity contribution in [3.8, 4) is 0 Å². The van der Waals surface area contributed by atoms with Gasteiger partial charge in [0.2, 0.25) is 0 Å². The maximum Gasteiger partial charge on any atom is 0.414 e. The van der Waals surface area contributed by atoms with Crippen LogP contribution in [-0.2, 0) is 6.42 Å². The number of rotatable bonds is 2. The van der Waals surface area contributed by atoms with Gasteiger partial charge in [0.1, 0.15) is 0 Å². The summed E-state index contributed by atoms with van der Waals surface area (Å²) >= 11 is 0. The Kier molecular flexibility index (Phi) is 3.39. The Morgan fingerprint density at radius 3 is 2.00 bits per heavy atom. The van der Waals surface area contributed by atoms with Crippen molar-refractivity contribution in [2.24, 2.45) is 0 Å². The number of halogens is 3. The molecule has 0 aromatic heterocycles. The molecule has 84 valence electrons. The van der Waals surface area contributed by atoms with E-state index < -0.39 is 12.3 Å². The Labute approximate surface area is 86.5 Å². The fourth-order valence-corrected chi connectivity index (χ4v) is 1.53. The van der Waals surface area contributed by atoms with E-state index in [1.165, 1.54) is 0 Å². The van der Waals surface area contributed by atoms with E-state index in [4.69, 9.17) is 5.11 Å². The van der Waals surface area contributed by atoms with E-state index in [1.807, 2.05) is 19.9 Å². The summed E-state index contributed by atoms with van der Waals surface area (Å²) in [6, 6.07) is 5.19. The molecule has 0 amide bonds. The number of hydrogen-bond donors (Lipinski definition) is 1. The maximum atomic E-state index is 12.1. The molecule has 0 saturated carbocycles. The number of hydrogen-bond acceptors (Lipinski definition) is 1. The third-order valence-electron chi connectivity index (χ3n) is 2.09. The van der Waals surface area contributed by atoms with E-state index in [0.29, 0.717) is 5.56 Å². The highest BCUT2D eigenvalue weighted by Crippen LogP contribution is 2.23. The van der Waals surface area contributed by atoms with Crippen molar-refractivity contribution in [1.82, 2.24) is 0 Å². The van der Waals surface area contributed by atoms with Gasteiger partial charge in [-0.15, -0.1) is 0 Å². The van der Waals surface area contributed by atoms with Gasteiger partial charge in [0.25, 0.3) is 0 Å². The Bertz CT molecular complexity index is 324. The number of aliphatic hydroxyl groups excluding tert-OH is 1. The van der Waals surface area contributed by atoms with Crippen LogP contribution < -0.4 is 0 Å². The lowest BCUT2D eigenvalue weighted by molar-refractivity contribution is -0.203. The molecular formula is C11H13F3O.